The van der Waals surface area contributed by atoms with Crippen LogP contribution >= 0.6 is 0 Å². The van der Waals surface area contributed by atoms with Crippen LogP contribution in [0.3, 0.4) is 0 Å². The molecule has 0 amide bonds. The average Bonchev–Trinajstić information content (AvgIpc) is 2.77. The minimum Gasteiger partial charge on any atom is -0.340 e. The van der Waals surface area contributed by atoms with E-state index in [1.54, 1.807) is 13.4 Å². The summed E-state index contributed by atoms with van der Waals surface area (Å²) in [6.07, 6.45) is 3.73. The van der Waals surface area contributed by atoms with Gasteiger partial charge in [0.15, 0.2) is 11.1 Å². The lowest BCUT2D eigenvalue weighted by molar-refractivity contribution is 0.669. The van der Waals surface area contributed by atoms with E-state index in [1.807, 2.05) is 0 Å². The highest BCUT2D eigenvalue weighted by Gasteiger charge is 2.09. The van der Waals surface area contributed by atoms with Gasteiger partial charge < -0.3 is 9.55 Å². The monoisotopic (exact) mass is 219 g/mol. The number of imidazole rings is 1. The highest BCUT2D eigenvalue weighted by molar-refractivity contribution is 5.68. The molecule has 16 heavy (non-hydrogen) atoms. The highest BCUT2D eigenvalue weighted by Crippen LogP contribution is 2.08. The van der Waals surface area contributed by atoms with Crippen LogP contribution in [0.25, 0.3) is 11.2 Å². The molecule has 0 saturated heterocycles. The molecule has 86 valence electrons. The van der Waals surface area contributed by atoms with Crippen LogP contribution in [0.2, 0.25) is 0 Å². The van der Waals surface area contributed by atoms with E-state index in [0.29, 0.717) is 0 Å². The van der Waals surface area contributed by atoms with Gasteiger partial charge in [0.1, 0.15) is 11.3 Å². The standard InChI is InChI=1S/C11H17N5/c1-4-6-8-15-10(12-3)9-11(14-7-13-9)16(8)5-2/h7H,4-6H2,1-3H3,(H,13,14). The van der Waals surface area contributed by atoms with Gasteiger partial charge in [-0.05, 0) is 13.3 Å². The fraction of sp³-hybridized carbons (Fsp3) is 0.545. The predicted octanol–water partition coefficient (Wildman–Crippen LogP) is 1.26. The first-order valence-corrected chi connectivity index (χ1v) is 5.67. The molecule has 5 heteroatoms. The normalized spacial score (nSPS) is 12.6. The SMILES string of the molecule is CCCc1nc(=NC)c2[nH]cnc2n1CC. The molecule has 0 atom stereocenters. The van der Waals surface area contributed by atoms with Gasteiger partial charge in [-0.2, -0.15) is 0 Å². The third kappa shape index (κ3) is 1.62. The van der Waals surface area contributed by atoms with Crippen LogP contribution in [0.1, 0.15) is 26.1 Å². The van der Waals surface area contributed by atoms with Gasteiger partial charge >= 0.3 is 0 Å². The number of nitrogens with zero attached hydrogens (tertiary/aromatic N) is 4. The molecule has 2 rings (SSSR count). The van der Waals surface area contributed by atoms with Crippen molar-refractivity contribution in [3.63, 3.8) is 0 Å². The molecular weight excluding hydrogens is 202 g/mol. The Hall–Kier alpha value is -1.65. The van der Waals surface area contributed by atoms with E-state index in [9.17, 15) is 0 Å². The van der Waals surface area contributed by atoms with Crippen molar-refractivity contribution >= 4 is 11.2 Å². The van der Waals surface area contributed by atoms with Crippen LogP contribution in [0.5, 0.6) is 0 Å². The molecule has 2 aromatic rings. The Morgan fingerprint density at radius 1 is 1.44 bits per heavy atom. The Bertz CT molecular complexity index is 549. The minimum atomic E-state index is 0.751. The summed E-state index contributed by atoms with van der Waals surface area (Å²) in [4.78, 5) is 16.2. The van der Waals surface area contributed by atoms with Crippen molar-refractivity contribution in [2.45, 2.75) is 33.2 Å². The summed E-state index contributed by atoms with van der Waals surface area (Å²) in [7, 11) is 1.76. The zero-order chi connectivity index (χ0) is 11.5. The maximum atomic E-state index is 4.58. The van der Waals surface area contributed by atoms with Gasteiger partial charge in [-0.3, -0.25) is 4.99 Å². The summed E-state index contributed by atoms with van der Waals surface area (Å²) in [5.41, 5.74) is 2.62. The van der Waals surface area contributed by atoms with E-state index in [2.05, 4.69) is 38.4 Å². The van der Waals surface area contributed by atoms with Crippen LogP contribution in [0.4, 0.5) is 0 Å². The van der Waals surface area contributed by atoms with Crippen molar-refractivity contribution < 1.29 is 0 Å². The first-order chi connectivity index (χ1) is 7.81. The molecule has 0 aliphatic rings. The fourth-order valence-electron chi connectivity index (χ4n) is 1.93. The van der Waals surface area contributed by atoms with Gasteiger partial charge in [-0.1, -0.05) is 6.92 Å². The summed E-state index contributed by atoms with van der Waals surface area (Å²) in [6, 6.07) is 0. The van der Waals surface area contributed by atoms with E-state index in [0.717, 1.165) is 41.9 Å². The topological polar surface area (TPSA) is 58.9 Å². The second-order valence-electron chi connectivity index (χ2n) is 3.67. The second kappa shape index (κ2) is 4.47. The first-order valence-electron chi connectivity index (χ1n) is 5.67. The zero-order valence-electron chi connectivity index (χ0n) is 9.99. The lowest BCUT2D eigenvalue weighted by Gasteiger charge is -2.10. The van der Waals surface area contributed by atoms with Crippen LogP contribution in [0, 0.1) is 0 Å². The van der Waals surface area contributed by atoms with Crippen LogP contribution < -0.4 is 5.49 Å². The van der Waals surface area contributed by atoms with Gasteiger partial charge in [0.05, 0.1) is 6.33 Å². The Morgan fingerprint density at radius 2 is 2.25 bits per heavy atom. The molecule has 1 N–H and O–H groups in total. The van der Waals surface area contributed by atoms with Gasteiger partial charge in [-0.25, -0.2) is 9.97 Å². The van der Waals surface area contributed by atoms with Gasteiger partial charge in [0.2, 0.25) is 0 Å². The maximum absolute atomic E-state index is 4.58. The Balaban J connectivity index is 2.79. The second-order valence-corrected chi connectivity index (χ2v) is 3.67. The van der Waals surface area contributed by atoms with Crippen LogP contribution in [0.15, 0.2) is 11.3 Å². The van der Waals surface area contributed by atoms with Gasteiger partial charge in [0, 0.05) is 20.0 Å². The Labute approximate surface area is 94.3 Å². The highest BCUT2D eigenvalue weighted by atomic mass is 15.1. The van der Waals surface area contributed by atoms with Crippen molar-refractivity contribution in [1.82, 2.24) is 19.5 Å². The van der Waals surface area contributed by atoms with Crippen molar-refractivity contribution in [2.75, 3.05) is 7.05 Å². The lowest BCUT2D eigenvalue weighted by atomic mass is 10.3. The predicted molar refractivity (Wildman–Crippen MR) is 63.0 cm³/mol. The minimum absolute atomic E-state index is 0.751. The van der Waals surface area contributed by atoms with Crippen molar-refractivity contribution in [1.29, 1.82) is 0 Å². The smallest absolute Gasteiger partial charge is 0.176 e. The Kier molecular flexibility index (Phi) is 3.03. The molecule has 0 radical (unpaired) electrons. The van der Waals surface area contributed by atoms with Crippen molar-refractivity contribution in [3.05, 3.63) is 17.6 Å². The lowest BCUT2D eigenvalue weighted by Crippen LogP contribution is -2.19. The molecular formula is C11H17N5. The van der Waals surface area contributed by atoms with E-state index in [-0.39, 0.29) is 0 Å². The molecule has 0 saturated carbocycles. The molecule has 0 fully saturated rings. The summed E-state index contributed by atoms with van der Waals surface area (Å²) in [5.74, 6) is 1.06. The van der Waals surface area contributed by atoms with Crippen LogP contribution in [-0.2, 0) is 13.0 Å². The third-order valence-corrected chi connectivity index (χ3v) is 2.65. The average molecular weight is 219 g/mol. The van der Waals surface area contributed by atoms with Crippen LogP contribution in [-0.4, -0.2) is 26.6 Å². The molecule has 5 nitrogen and oxygen atoms in total. The summed E-state index contributed by atoms with van der Waals surface area (Å²) in [5, 5.41) is 0. The molecule has 2 heterocycles. The van der Waals surface area contributed by atoms with Gasteiger partial charge in [0.25, 0.3) is 0 Å². The van der Waals surface area contributed by atoms with Crippen molar-refractivity contribution in [2.24, 2.45) is 4.99 Å². The van der Waals surface area contributed by atoms with E-state index >= 15 is 0 Å². The fourth-order valence-corrected chi connectivity index (χ4v) is 1.93. The van der Waals surface area contributed by atoms with E-state index in [1.165, 1.54) is 0 Å². The molecule has 2 aromatic heterocycles. The third-order valence-electron chi connectivity index (χ3n) is 2.65. The number of aryl methyl sites for hydroxylation is 2. The number of aromatic amines is 1. The number of H-pyrrole nitrogens is 1. The summed E-state index contributed by atoms with van der Waals surface area (Å²) < 4.78 is 2.14. The Morgan fingerprint density at radius 3 is 2.88 bits per heavy atom. The van der Waals surface area contributed by atoms with Crippen molar-refractivity contribution in [3.8, 4) is 0 Å². The number of fused-ring (bicyclic) bond motifs is 1. The number of hydrogen-bond acceptors (Lipinski definition) is 3. The maximum Gasteiger partial charge on any atom is 0.176 e. The molecule has 0 aromatic carbocycles. The number of rotatable bonds is 3. The quantitative estimate of drug-likeness (QED) is 0.845. The van der Waals surface area contributed by atoms with E-state index < -0.39 is 0 Å². The largest absolute Gasteiger partial charge is 0.340 e. The molecule has 0 bridgehead atoms. The number of hydrogen-bond donors (Lipinski definition) is 1. The molecule has 0 aliphatic carbocycles. The van der Waals surface area contributed by atoms with E-state index in [4.69, 9.17) is 0 Å². The number of aromatic nitrogens is 4. The summed E-state index contributed by atoms with van der Waals surface area (Å²) in [6.45, 7) is 5.14. The molecule has 0 aliphatic heterocycles. The first kappa shape index (κ1) is 10.9. The zero-order valence-corrected chi connectivity index (χ0v) is 9.99. The molecule has 0 spiro atoms. The summed E-state index contributed by atoms with van der Waals surface area (Å²) >= 11 is 0. The number of nitrogens with one attached hydrogen (secondary N) is 1. The van der Waals surface area contributed by atoms with Gasteiger partial charge in [-0.15, -0.1) is 0 Å². The molecule has 0 unspecified atom stereocenters.